The van der Waals surface area contributed by atoms with E-state index in [4.69, 9.17) is 5.21 Å². The van der Waals surface area contributed by atoms with Crippen LogP contribution >= 0.6 is 0 Å². The molecule has 1 aromatic carbocycles. The molecule has 1 N–H and O–H groups in total. The Hall–Kier alpha value is -2.96. The van der Waals surface area contributed by atoms with Crippen molar-refractivity contribution in [2.24, 2.45) is 11.1 Å². The van der Waals surface area contributed by atoms with Crippen molar-refractivity contribution in [3.05, 3.63) is 46.6 Å². The number of para-hydroxylation sites is 2. The van der Waals surface area contributed by atoms with Gasteiger partial charge < -0.3 is 9.77 Å². The fraction of sp³-hybridized carbons (Fsp3) is 0.400. The molecule has 3 aromatic rings. The molecular formula is C20H22N4O3. The monoisotopic (exact) mass is 366 g/mol. The Morgan fingerprint density at radius 2 is 2.04 bits per heavy atom. The Balaban J connectivity index is 1.96. The lowest BCUT2D eigenvalue weighted by Crippen LogP contribution is -2.25. The van der Waals surface area contributed by atoms with E-state index < -0.39 is 5.92 Å². The number of imidazole rings is 1. The van der Waals surface area contributed by atoms with E-state index in [2.05, 4.69) is 10.1 Å². The predicted octanol–water partition coefficient (Wildman–Crippen LogP) is 3.14. The summed E-state index contributed by atoms with van der Waals surface area (Å²) in [5.74, 6) is -0.296. The number of nitrogens with zero attached hydrogens (tertiary/aromatic N) is 4. The number of rotatable bonds is 6. The Bertz CT molecular complexity index is 1110. The lowest BCUT2D eigenvalue weighted by atomic mass is 9.97. The molecule has 1 fully saturated rings. The van der Waals surface area contributed by atoms with E-state index in [-0.39, 0.29) is 29.7 Å². The van der Waals surface area contributed by atoms with Crippen LogP contribution in [0.1, 0.15) is 50.8 Å². The van der Waals surface area contributed by atoms with Crippen LogP contribution in [0.5, 0.6) is 0 Å². The van der Waals surface area contributed by atoms with Crippen molar-refractivity contribution in [3.8, 4) is 0 Å². The van der Waals surface area contributed by atoms with E-state index in [1.165, 1.54) is 6.21 Å². The van der Waals surface area contributed by atoms with Crippen LogP contribution in [0.25, 0.3) is 16.6 Å². The highest BCUT2D eigenvalue weighted by atomic mass is 16.4. The van der Waals surface area contributed by atoms with E-state index in [1.807, 2.05) is 38.1 Å². The molecule has 1 atom stereocenters. The maximum Gasteiger partial charge on any atom is 0.277 e. The highest BCUT2D eigenvalue weighted by Crippen LogP contribution is 2.34. The summed E-state index contributed by atoms with van der Waals surface area (Å²) in [5.41, 5.74) is 2.44. The van der Waals surface area contributed by atoms with Crippen LogP contribution in [0.2, 0.25) is 0 Å². The number of benzene rings is 1. The molecule has 7 heteroatoms. The average Bonchev–Trinajstić information content (AvgIpc) is 3.40. The summed E-state index contributed by atoms with van der Waals surface area (Å²) >= 11 is 0. The van der Waals surface area contributed by atoms with E-state index in [9.17, 15) is 9.59 Å². The van der Waals surface area contributed by atoms with Gasteiger partial charge >= 0.3 is 0 Å². The van der Waals surface area contributed by atoms with E-state index >= 15 is 0 Å². The smallest absolute Gasteiger partial charge is 0.277 e. The first-order valence-corrected chi connectivity index (χ1v) is 9.23. The molecule has 1 saturated carbocycles. The first-order chi connectivity index (χ1) is 13.0. The lowest BCUT2D eigenvalue weighted by Gasteiger charge is -2.16. The van der Waals surface area contributed by atoms with Crippen LogP contribution in [-0.4, -0.2) is 31.2 Å². The van der Waals surface area contributed by atoms with Gasteiger partial charge in [-0.3, -0.25) is 14.0 Å². The molecule has 0 spiro atoms. The molecule has 0 saturated heterocycles. The highest BCUT2D eigenvalue weighted by Gasteiger charge is 2.32. The molecule has 1 unspecified atom stereocenters. The van der Waals surface area contributed by atoms with Crippen LogP contribution in [-0.2, 0) is 4.79 Å². The van der Waals surface area contributed by atoms with Gasteiger partial charge in [0.15, 0.2) is 0 Å². The molecule has 0 aliphatic heterocycles. The number of oxime groups is 1. The molecule has 1 aliphatic rings. The van der Waals surface area contributed by atoms with Gasteiger partial charge in [0.25, 0.3) is 5.56 Å². The van der Waals surface area contributed by atoms with Gasteiger partial charge in [-0.15, -0.1) is 5.16 Å². The molecule has 0 bridgehead atoms. The van der Waals surface area contributed by atoms with Gasteiger partial charge in [0, 0.05) is 24.3 Å². The zero-order valence-corrected chi connectivity index (χ0v) is 15.4. The zero-order valence-electron chi connectivity index (χ0n) is 15.4. The first-order valence-electron chi connectivity index (χ1n) is 9.23. The predicted molar refractivity (Wildman–Crippen MR) is 103 cm³/mol. The Morgan fingerprint density at radius 1 is 1.33 bits per heavy atom. The molecule has 0 amide bonds. The van der Waals surface area contributed by atoms with Gasteiger partial charge in [-0.2, -0.15) is 0 Å². The third-order valence-corrected chi connectivity index (χ3v) is 5.19. The van der Waals surface area contributed by atoms with Crippen molar-refractivity contribution in [2.75, 3.05) is 0 Å². The summed E-state index contributed by atoms with van der Waals surface area (Å²) in [4.78, 5) is 30.1. The Kier molecular flexibility index (Phi) is 4.30. The fourth-order valence-electron chi connectivity index (χ4n) is 3.73. The van der Waals surface area contributed by atoms with Crippen molar-refractivity contribution >= 4 is 28.5 Å². The summed E-state index contributed by atoms with van der Waals surface area (Å²) in [6.07, 6.45) is 4.93. The van der Waals surface area contributed by atoms with Crippen LogP contribution in [0, 0.1) is 5.92 Å². The molecule has 1 aliphatic carbocycles. The summed E-state index contributed by atoms with van der Waals surface area (Å²) in [5, 5.41) is 12.2. The van der Waals surface area contributed by atoms with Gasteiger partial charge in [0.1, 0.15) is 17.6 Å². The van der Waals surface area contributed by atoms with Crippen LogP contribution in [0.15, 0.2) is 40.5 Å². The van der Waals surface area contributed by atoms with Gasteiger partial charge in [-0.05, 0) is 38.8 Å². The van der Waals surface area contributed by atoms with Crippen LogP contribution in [0.4, 0.5) is 0 Å². The molecular weight excluding hydrogens is 344 g/mol. The van der Waals surface area contributed by atoms with Crippen molar-refractivity contribution in [3.63, 3.8) is 0 Å². The van der Waals surface area contributed by atoms with Gasteiger partial charge in [0.05, 0.1) is 22.9 Å². The van der Waals surface area contributed by atoms with Crippen molar-refractivity contribution in [1.29, 1.82) is 0 Å². The topological polar surface area (TPSA) is 89.0 Å². The summed E-state index contributed by atoms with van der Waals surface area (Å²) in [7, 11) is 0. The van der Waals surface area contributed by atoms with E-state index in [1.54, 1.807) is 15.3 Å². The Morgan fingerprint density at radius 3 is 2.67 bits per heavy atom. The SMILES string of the molecule is CC(C)n1c(=O)c2c(C(/C=N\O)CC(=O)C3CC3)ncn2c2ccccc21. The van der Waals surface area contributed by atoms with Crippen molar-refractivity contribution < 1.29 is 10.0 Å². The third-order valence-electron chi connectivity index (χ3n) is 5.19. The number of fused-ring (bicyclic) bond motifs is 3. The number of ketones is 1. The number of hydrogen-bond acceptors (Lipinski definition) is 5. The molecule has 27 heavy (non-hydrogen) atoms. The number of aromatic nitrogens is 3. The summed E-state index contributed by atoms with van der Waals surface area (Å²) in [6.45, 7) is 3.92. The quantitative estimate of drug-likeness (QED) is 0.412. The molecule has 140 valence electrons. The lowest BCUT2D eigenvalue weighted by molar-refractivity contribution is -0.120. The van der Waals surface area contributed by atoms with Gasteiger partial charge in [0.2, 0.25) is 0 Å². The van der Waals surface area contributed by atoms with E-state index in [0.29, 0.717) is 11.2 Å². The standard InChI is InChI=1S/C20H22N4O3/c1-12(2)24-16-6-4-3-5-15(16)23-11-21-18(19(23)20(24)26)14(10-22-27)9-17(25)13-7-8-13/h3-6,10-14,27H,7-9H2,1-2H3/b22-10-. The maximum absolute atomic E-state index is 13.3. The zero-order chi connectivity index (χ0) is 19.1. The summed E-state index contributed by atoms with van der Waals surface area (Å²) in [6, 6.07) is 7.64. The van der Waals surface area contributed by atoms with E-state index in [0.717, 1.165) is 23.9 Å². The van der Waals surface area contributed by atoms with Gasteiger partial charge in [-0.1, -0.05) is 12.1 Å². The highest BCUT2D eigenvalue weighted by molar-refractivity contribution is 5.89. The Labute approximate surface area is 155 Å². The normalized spacial score (nSPS) is 16.0. The molecule has 0 radical (unpaired) electrons. The number of carbonyl (C=O) groups excluding carboxylic acids is 1. The fourth-order valence-corrected chi connectivity index (χ4v) is 3.73. The summed E-state index contributed by atoms with van der Waals surface area (Å²) < 4.78 is 3.51. The molecule has 7 nitrogen and oxygen atoms in total. The number of Topliss-reactive ketones (excluding diaryl/α,β-unsaturated/α-hetero) is 1. The second-order valence-corrected chi connectivity index (χ2v) is 7.42. The molecule has 4 rings (SSSR count). The van der Waals surface area contributed by atoms with Crippen molar-refractivity contribution in [1.82, 2.24) is 14.0 Å². The second kappa shape index (κ2) is 6.64. The minimum atomic E-state index is -0.525. The second-order valence-electron chi connectivity index (χ2n) is 7.42. The number of hydrogen-bond donors (Lipinski definition) is 1. The van der Waals surface area contributed by atoms with Crippen molar-refractivity contribution in [2.45, 2.75) is 45.1 Å². The largest absolute Gasteiger partial charge is 0.411 e. The maximum atomic E-state index is 13.3. The minimum absolute atomic E-state index is 0.0341. The average molecular weight is 366 g/mol. The first kappa shape index (κ1) is 17.5. The molecule has 2 aromatic heterocycles. The number of carbonyl (C=O) groups is 1. The van der Waals surface area contributed by atoms with Crippen LogP contribution in [0.3, 0.4) is 0 Å². The minimum Gasteiger partial charge on any atom is -0.411 e. The van der Waals surface area contributed by atoms with Crippen LogP contribution < -0.4 is 5.56 Å². The third kappa shape index (κ3) is 2.93. The molecule has 2 heterocycles. The van der Waals surface area contributed by atoms with Gasteiger partial charge in [-0.25, -0.2) is 4.98 Å².